The monoisotopic (exact) mass is 436 g/mol. The minimum Gasteiger partial charge on any atom is -0.474 e. The number of aromatic nitrogens is 1. The lowest BCUT2D eigenvalue weighted by molar-refractivity contribution is -0.119. The van der Waals surface area contributed by atoms with Crippen molar-refractivity contribution in [3.63, 3.8) is 0 Å². The van der Waals surface area contributed by atoms with Gasteiger partial charge in [0.05, 0.1) is 30.9 Å². The van der Waals surface area contributed by atoms with Gasteiger partial charge in [-0.2, -0.15) is 0 Å². The molecule has 3 heterocycles. The maximum atomic E-state index is 12.8. The van der Waals surface area contributed by atoms with Crippen molar-refractivity contribution < 1.29 is 19.0 Å². The molecule has 2 aromatic rings. The van der Waals surface area contributed by atoms with Crippen molar-refractivity contribution in [1.29, 1.82) is 0 Å². The van der Waals surface area contributed by atoms with Gasteiger partial charge in [0.25, 0.3) is 0 Å². The quantitative estimate of drug-likeness (QED) is 0.619. The zero-order chi connectivity index (χ0) is 22.5. The molecule has 32 heavy (non-hydrogen) atoms. The summed E-state index contributed by atoms with van der Waals surface area (Å²) in [4.78, 5) is 21.9. The van der Waals surface area contributed by atoms with E-state index in [-0.39, 0.29) is 30.0 Å². The molecular formula is C26H32N2O4. The van der Waals surface area contributed by atoms with Crippen LogP contribution in [-0.2, 0) is 32.0 Å². The molecule has 2 aliphatic heterocycles. The summed E-state index contributed by atoms with van der Waals surface area (Å²) in [6.07, 6.45) is 4.76. The molecule has 1 saturated heterocycles. The first-order valence-corrected chi connectivity index (χ1v) is 11.4. The predicted molar refractivity (Wildman–Crippen MR) is 123 cm³/mol. The minimum absolute atomic E-state index is 0.0516. The van der Waals surface area contributed by atoms with Crippen LogP contribution in [0.15, 0.2) is 47.6 Å². The van der Waals surface area contributed by atoms with Gasteiger partial charge in [-0.15, -0.1) is 0 Å². The predicted octanol–water partition coefficient (Wildman–Crippen LogP) is 4.25. The van der Waals surface area contributed by atoms with Gasteiger partial charge in [-0.25, -0.2) is 4.99 Å². The SMILES string of the molecule is COC[C@@H](CC(=O)Cc1cc2c(cn1)C(OC1C[C@@H](C)O[C@@H](C)C1)=NC2)c1ccccc1. The number of ether oxygens (including phenoxy) is 3. The average molecular weight is 437 g/mol. The Hall–Kier alpha value is -2.57. The molecule has 1 aromatic carbocycles. The van der Waals surface area contributed by atoms with E-state index in [0.29, 0.717) is 31.9 Å². The second-order valence-electron chi connectivity index (χ2n) is 8.91. The number of rotatable bonds is 8. The third-order valence-corrected chi connectivity index (χ3v) is 6.09. The van der Waals surface area contributed by atoms with E-state index in [0.717, 1.165) is 35.2 Å². The molecule has 0 radical (unpaired) electrons. The maximum absolute atomic E-state index is 12.8. The van der Waals surface area contributed by atoms with Crippen LogP contribution in [0.3, 0.4) is 0 Å². The second kappa shape index (κ2) is 10.4. The zero-order valence-electron chi connectivity index (χ0n) is 19.1. The number of ketones is 1. The minimum atomic E-state index is 0.0516. The first-order valence-electron chi connectivity index (χ1n) is 11.4. The van der Waals surface area contributed by atoms with Crippen molar-refractivity contribution in [2.75, 3.05) is 13.7 Å². The number of nitrogens with zero attached hydrogens (tertiary/aromatic N) is 2. The van der Waals surface area contributed by atoms with Crippen LogP contribution in [0.5, 0.6) is 0 Å². The second-order valence-corrected chi connectivity index (χ2v) is 8.91. The summed E-state index contributed by atoms with van der Waals surface area (Å²) in [6, 6.07) is 12.0. The Bertz CT molecular complexity index is 950. The molecule has 6 nitrogen and oxygen atoms in total. The average Bonchev–Trinajstić information content (AvgIpc) is 3.15. The van der Waals surface area contributed by atoms with E-state index in [1.165, 1.54) is 0 Å². The highest BCUT2D eigenvalue weighted by molar-refractivity contribution is 5.97. The van der Waals surface area contributed by atoms with Crippen LogP contribution in [-0.4, -0.2) is 48.7 Å². The van der Waals surface area contributed by atoms with Gasteiger partial charge in [0.2, 0.25) is 5.90 Å². The Labute approximate surface area is 190 Å². The smallest absolute Gasteiger partial charge is 0.218 e. The summed E-state index contributed by atoms with van der Waals surface area (Å²) in [5.41, 5.74) is 3.91. The Morgan fingerprint density at radius 1 is 1.19 bits per heavy atom. The fourth-order valence-electron chi connectivity index (χ4n) is 4.66. The number of aliphatic imine (C=N–C) groups is 1. The number of Topliss-reactive ketones (excluding diaryl/α,β-unsaturated/α-hetero) is 1. The molecule has 0 amide bonds. The fourth-order valence-corrected chi connectivity index (χ4v) is 4.66. The molecule has 0 N–H and O–H groups in total. The highest BCUT2D eigenvalue weighted by Gasteiger charge is 2.29. The molecule has 6 heteroatoms. The topological polar surface area (TPSA) is 70.0 Å². The molecule has 1 unspecified atom stereocenters. The van der Waals surface area contributed by atoms with Crippen LogP contribution in [0.4, 0.5) is 0 Å². The summed E-state index contributed by atoms with van der Waals surface area (Å²) < 4.78 is 17.4. The van der Waals surface area contributed by atoms with Crippen molar-refractivity contribution in [1.82, 2.24) is 4.98 Å². The van der Waals surface area contributed by atoms with Gasteiger partial charge >= 0.3 is 0 Å². The highest BCUT2D eigenvalue weighted by atomic mass is 16.5. The number of hydrogen-bond donors (Lipinski definition) is 0. The zero-order valence-corrected chi connectivity index (χ0v) is 19.1. The number of hydrogen-bond acceptors (Lipinski definition) is 6. The number of methoxy groups -OCH3 is 1. The van der Waals surface area contributed by atoms with E-state index in [2.05, 4.69) is 23.8 Å². The molecule has 0 spiro atoms. The number of pyridine rings is 1. The van der Waals surface area contributed by atoms with Crippen molar-refractivity contribution in [2.45, 2.75) is 70.3 Å². The van der Waals surface area contributed by atoms with Crippen LogP contribution in [0.25, 0.3) is 0 Å². The molecule has 0 saturated carbocycles. The Kier molecular flexibility index (Phi) is 7.33. The van der Waals surface area contributed by atoms with Gasteiger partial charge < -0.3 is 14.2 Å². The lowest BCUT2D eigenvalue weighted by Gasteiger charge is -2.32. The molecule has 4 rings (SSSR count). The van der Waals surface area contributed by atoms with Gasteiger partial charge in [0.15, 0.2) is 0 Å². The molecule has 1 fully saturated rings. The fraction of sp³-hybridized carbons (Fsp3) is 0.500. The number of benzene rings is 1. The van der Waals surface area contributed by atoms with Crippen molar-refractivity contribution in [3.8, 4) is 0 Å². The first kappa shape index (κ1) is 22.6. The number of carbonyl (C=O) groups is 1. The van der Waals surface area contributed by atoms with Crippen LogP contribution < -0.4 is 0 Å². The summed E-state index contributed by atoms with van der Waals surface area (Å²) in [6.45, 7) is 5.25. The molecule has 0 bridgehead atoms. The van der Waals surface area contributed by atoms with E-state index in [9.17, 15) is 4.79 Å². The molecular weight excluding hydrogens is 404 g/mol. The molecule has 4 atom stereocenters. The van der Waals surface area contributed by atoms with Crippen molar-refractivity contribution in [2.24, 2.45) is 4.99 Å². The van der Waals surface area contributed by atoms with E-state index in [4.69, 9.17) is 14.2 Å². The van der Waals surface area contributed by atoms with Gasteiger partial charge in [0, 0.05) is 50.6 Å². The van der Waals surface area contributed by atoms with Crippen molar-refractivity contribution >= 4 is 11.7 Å². The highest BCUT2D eigenvalue weighted by Crippen LogP contribution is 2.27. The number of fused-ring (bicyclic) bond motifs is 1. The summed E-state index contributed by atoms with van der Waals surface area (Å²) in [5.74, 6) is 0.876. The molecule has 1 aromatic heterocycles. The molecule has 2 aliphatic rings. The van der Waals surface area contributed by atoms with Gasteiger partial charge in [0.1, 0.15) is 11.9 Å². The lowest BCUT2D eigenvalue weighted by Crippen LogP contribution is -2.35. The Morgan fingerprint density at radius 3 is 2.66 bits per heavy atom. The van der Waals surface area contributed by atoms with E-state index < -0.39 is 0 Å². The summed E-state index contributed by atoms with van der Waals surface area (Å²) >= 11 is 0. The summed E-state index contributed by atoms with van der Waals surface area (Å²) in [5, 5.41) is 0. The Balaban J connectivity index is 1.37. The van der Waals surface area contributed by atoms with Crippen LogP contribution >= 0.6 is 0 Å². The third kappa shape index (κ3) is 5.61. The maximum Gasteiger partial charge on any atom is 0.218 e. The van der Waals surface area contributed by atoms with E-state index in [1.807, 2.05) is 36.4 Å². The Morgan fingerprint density at radius 2 is 1.94 bits per heavy atom. The van der Waals surface area contributed by atoms with Gasteiger partial charge in [-0.05, 0) is 31.0 Å². The normalized spacial score (nSPS) is 23.3. The van der Waals surface area contributed by atoms with E-state index in [1.54, 1.807) is 13.3 Å². The summed E-state index contributed by atoms with van der Waals surface area (Å²) in [7, 11) is 1.67. The largest absolute Gasteiger partial charge is 0.474 e. The van der Waals surface area contributed by atoms with Crippen molar-refractivity contribution in [3.05, 3.63) is 65.0 Å². The number of carbonyl (C=O) groups excluding carboxylic acids is 1. The third-order valence-electron chi connectivity index (χ3n) is 6.09. The van der Waals surface area contributed by atoms with Crippen LogP contribution in [0.1, 0.15) is 61.4 Å². The van der Waals surface area contributed by atoms with Crippen LogP contribution in [0, 0.1) is 0 Å². The van der Waals surface area contributed by atoms with Gasteiger partial charge in [-0.1, -0.05) is 30.3 Å². The van der Waals surface area contributed by atoms with Gasteiger partial charge in [-0.3, -0.25) is 9.78 Å². The molecule has 170 valence electrons. The lowest BCUT2D eigenvalue weighted by atomic mass is 9.93. The first-order chi connectivity index (χ1) is 15.5. The molecule has 0 aliphatic carbocycles. The standard InChI is InChI=1S/C26H32N2O4/c1-17-9-24(10-18(2)31-17)32-26-25-15-27-22(11-20(25)14-28-26)13-23(29)12-21(16-30-3)19-7-5-4-6-8-19/h4-8,11,15,17-18,21,24H,9-10,12-14,16H2,1-3H3/t17-,18+,21-,24?/m1/s1. The van der Waals surface area contributed by atoms with Crippen LogP contribution in [0.2, 0.25) is 0 Å². The van der Waals surface area contributed by atoms with E-state index >= 15 is 0 Å².